The zero-order valence-corrected chi connectivity index (χ0v) is 21.0. The van der Waals surface area contributed by atoms with E-state index in [1.54, 1.807) is 46.0 Å². The highest BCUT2D eigenvalue weighted by atomic mass is 35.5. The van der Waals surface area contributed by atoms with Gasteiger partial charge in [0, 0.05) is 17.6 Å². The van der Waals surface area contributed by atoms with E-state index >= 15 is 0 Å². The fourth-order valence-electron chi connectivity index (χ4n) is 3.57. The van der Waals surface area contributed by atoms with Crippen LogP contribution in [0.4, 0.5) is 0 Å². The van der Waals surface area contributed by atoms with Crippen molar-refractivity contribution in [1.29, 1.82) is 0 Å². The van der Waals surface area contributed by atoms with E-state index in [2.05, 4.69) is 4.98 Å². The molecule has 0 radical (unpaired) electrons. The van der Waals surface area contributed by atoms with Crippen LogP contribution in [-0.4, -0.2) is 35.3 Å². The summed E-state index contributed by atoms with van der Waals surface area (Å²) in [5.41, 5.74) is 1.21. The van der Waals surface area contributed by atoms with Gasteiger partial charge in [-0.15, -0.1) is 11.3 Å². The van der Waals surface area contributed by atoms with Gasteiger partial charge in [0.15, 0.2) is 0 Å². The number of halogens is 1. The van der Waals surface area contributed by atoms with Crippen molar-refractivity contribution in [2.24, 2.45) is 5.92 Å². The molecule has 0 aliphatic rings. The van der Waals surface area contributed by atoms with Crippen LogP contribution in [0.5, 0.6) is 0 Å². The second-order valence-corrected chi connectivity index (χ2v) is 11.6. The molecule has 3 aromatic rings. The first kappa shape index (κ1) is 24.5. The summed E-state index contributed by atoms with van der Waals surface area (Å²) in [4.78, 5) is 19.8. The molecule has 172 valence electrons. The van der Waals surface area contributed by atoms with Gasteiger partial charge in [-0.3, -0.25) is 4.79 Å². The average molecular weight is 494 g/mol. The molecule has 0 bridgehead atoms. The average Bonchev–Trinajstić information content (AvgIpc) is 3.38. The number of aromatic nitrogens is 2. The third-order valence-electron chi connectivity index (χ3n) is 4.90. The van der Waals surface area contributed by atoms with Gasteiger partial charge >= 0.3 is 0 Å². The number of carbonyl (C=O) groups excluding carboxylic acids is 1. The fourth-order valence-corrected chi connectivity index (χ4v) is 6.18. The molecular formula is C23H28ClN3O3S2. The second-order valence-electron chi connectivity index (χ2n) is 8.40. The van der Waals surface area contributed by atoms with Crippen molar-refractivity contribution in [2.45, 2.75) is 51.2 Å². The lowest BCUT2D eigenvalue weighted by atomic mass is 10.2. The number of hydrogen-bond donors (Lipinski definition) is 0. The molecule has 0 aliphatic carbocycles. The van der Waals surface area contributed by atoms with Crippen LogP contribution in [0.3, 0.4) is 0 Å². The van der Waals surface area contributed by atoms with Crippen molar-refractivity contribution in [3.63, 3.8) is 0 Å². The van der Waals surface area contributed by atoms with Gasteiger partial charge in [-0.2, -0.15) is 0 Å². The summed E-state index contributed by atoms with van der Waals surface area (Å²) in [6, 6.07) is 10.4. The molecule has 2 heterocycles. The van der Waals surface area contributed by atoms with E-state index in [4.69, 9.17) is 11.6 Å². The van der Waals surface area contributed by atoms with Gasteiger partial charge in [0.25, 0.3) is 5.91 Å². The molecule has 32 heavy (non-hydrogen) atoms. The largest absolute Gasteiger partial charge is 0.332 e. The SMILES string of the molecule is CC(C)CN(Cc1cnc(S(=O)(=O)Cc2ccccc2Cl)n1C(C)C)C(=O)c1cccs1. The Labute approximate surface area is 198 Å². The van der Waals surface area contributed by atoms with E-state index in [0.717, 1.165) is 0 Å². The molecule has 0 saturated heterocycles. The van der Waals surface area contributed by atoms with Crippen molar-refractivity contribution >= 4 is 38.7 Å². The smallest absolute Gasteiger partial charge is 0.264 e. The predicted molar refractivity (Wildman–Crippen MR) is 129 cm³/mol. The monoisotopic (exact) mass is 493 g/mol. The molecule has 2 aromatic heterocycles. The van der Waals surface area contributed by atoms with Gasteiger partial charge in [0.05, 0.1) is 29.1 Å². The molecule has 0 fully saturated rings. The normalized spacial score (nSPS) is 12.0. The van der Waals surface area contributed by atoms with E-state index in [-0.39, 0.29) is 35.3 Å². The number of benzene rings is 1. The van der Waals surface area contributed by atoms with Crippen LogP contribution in [0, 0.1) is 5.92 Å². The quantitative estimate of drug-likeness (QED) is 0.397. The molecule has 6 nitrogen and oxygen atoms in total. The fraction of sp³-hybridized carbons (Fsp3) is 0.391. The summed E-state index contributed by atoms with van der Waals surface area (Å²) in [7, 11) is -3.75. The number of imidazole rings is 1. The number of amides is 1. The van der Waals surface area contributed by atoms with Crippen LogP contribution in [0.2, 0.25) is 5.02 Å². The molecule has 9 heteroatoms. The molecule has 1 amide bonds. The lowest BCUT2D eigenvalue weighted by Gasteiger charge is -2.25. The first-order chi connectivity index (χ1) is 15.1. The molecule has 0 N–H and O–H groups in total. The predicted octanol–water partition coefficient (Wildman–Crippen LogP) is 5.45. The lowest BCUT2D eigenvalue weighted by molar-refractivity contribution is 0.0722. The summed E-state index contributed by atoms with van der Waals surface area (Å²) >= 11 is 7.59. The van der Waals surface area contributed by atoms with E-state index in [0.29, 0.717) is 27.7 Å². The van der Waals surface area contributed by atoms with Crippen molar-refractivity contribution in [1.82, 2.24) is 14.5 Å². The van der Waals surface area contributed by atoms with Crippen LogP contribution in [0.25, 0.3) is 0 Å². The number of hydrogen-bond acceptors (Lipinski definition) is 5. The Kier molecular flexibility index (Phi) is 7.79. The molecular weight excluding hydrogens is 466 g/mol. The number of thiophene rings is 1. The highest BCUT2D eigenvalue weighted by Gasteiger charge is 2.28. The van der Waals surface area contributed by atoms with Crippen LogP contribution in [0.1, 0.15) is 54.7 Å². The number of carbonyl (C=O) groups is 1. The second kappa shape index (κ2) is 10.2. The van der Waals surface area contributed by atoms with Crippen LogP contribution < -0.4 is 0 Å². The Morgan fingerprint density at radius 3 is 2.47 bits per heavy atom. The third-order valence-corrected chi connectivity index (χ3v) is 7.67. The topological polar surface area (TPSA) is 72.3 Å². The van der Waals surface area contributed by atoms with Gasteiger partial charge < -0.3 is 9.47 Å². The van der Waals surface area contributed by atoms with Gasteiger partial charge in [-0.25, -0.2) is 13.4 Å². The highest BCUT2D eigenvalue weighted by molar-refractivity contribution is 7.90. The summed E-state index contributed by atoms with van der Waals surface area (Å²) in [6.07, 6.45) is 1.56. The summed E-state index contributed by atoms with van der Waals surface area (Å²) < 4.78 is 28.2. The van der Waals surface area contributed by atoms with Crippen molar-refractivity contribution in [3.05, 3.63) is 69.1 Å². The Morgan fingerprint density at radius 2 is 1.88 bits per heavy atom. The van der Waals surface area contributed by atoms with Crippen LogP contribution >= 0.6 is 22.9 Å². The summed E-state index contributed by atoms with van der Waals surface area (Å²) in [6.45, 7) is 8.76. The van der Waals surface area contributed by atoms with E-state index in [1.165, 1.54) is 11.3 Å². The first-order valence-corrected chi connectivity index (χ1v) is 13.4. The number of rotatable bonds is 9. The molecule has 0 unspecified atom stereocenters. The van der Waals surface area contributed by atoms with Gasteiger partial charge in [0.2, 0.25) is 15.0 Å². The summed E-state index contributed by atoms with van der Waals surface area (Å²) in [5.74, 6) is -0.0388. The van der Waals surface area contributed by atoms with Crippen molar-refractivity contribution in [2.75, 3.05) is 6.54 Å². The highest BCUT2D eigenvalue weighted by Crippen LogP contribution is 2.26. The Hall–Kier alpha value is -2.16. The van der Waals surface area contributed by atoms with Gasteiger partial charge in [-0.05, 0) is 42.8 Å². The van der Waals surface area contributed by atoms with Crippen LogP contribution in [0.15, 0.2) is 53.1 Å². The molecule has 3 rings (SSSR count). The molecule has 1 aromatic carbocycles. The Balaban J connectivity index is 1.95. The Bertz CT molecular complexity index is 1170. The lowest BCUT2D eigenvalue weighted by Crippen LogP contribution is -2.34. The van der Waals surface area contributed by atoms with E-state index in [9.17, 15) is 13.2 Å². The maximum Gasteiger partial charge on any atom is 0.264 e. The van der Waals surface area contributed by atoms with Gasteiger partial charge in [0.1, 0.15) is 0 Å². The third kappa shape index (κ3) is 5.60. The van der Waals surface area contributed by atoms with Crippen molar-refractivity contribution < 1.29 is 13.2 Å². The molecule has 0 saturated carbocycles. The van der Waals surface area contributed by atoms with Crippen LogP contribution in [-0.2, 0) is 22.1 Å². The standard InChI is InChI=1S/C23H28ClN3O3S2/c1-16(2)13-26(22(28)21-10-7-11-31-21)14-19-12-25-23(27(19)17(3)4)32(29,30)15-18-8-5-6-9-20(18)24/h5-12,16-17H,13-15H2,1-4H3. The zero-order chi connectivity index (χ0) is 23.5. The Morgan fingerprint density at radius 1 is 1.16 bits per heavy atom. The van der Waals surface area contributed by atoms with Crippen molar-refractivity contribution in [3.8, 4) is 0 Å². The maximum atomic E-state index is 13.3. The van der Waals surface area contributed by atoms with E-state index in [1.807, 2.05) is 39.1 Å². The minimum absolute atomic E-state index is 0.00418. The minimum atomic E-state index is -3.75. The first-order valence-electron chi connectivity index (χ1n) is 10.4. The maximum absolute atomic E-state index is 13.3. The van der Waals surface area contributed by atoms with E-state index < -0.39 is 9.84 Å². The molecule has 0 aliphatic heterocycles. The summed E-state index contributed by atoms with van der Waals surface area (Å²) in [5, 5.41) is 2.28. The molecule has 0 atom stereocenters. The van der Waals surface area contributed by atoms with Gasteiger partial charge in [-0.1, -0.05) is 49.7 Å². The number of nitrogens with zero attached hydrogens (tertiary/aromatic N) is 3. The number of sulfone groups is 1. The molecule has 0 spiro atoms. The minimum Gasteiger partial charge on any atom is -0.332 e. The zero-order valence-electron chi connectivity index (χ0n) is 18.7.